The van der Waals surface area contributed by atoms with Gasteiger partial charge in [0.05, 0.1) is 5.41 Å². The van der Waals surface area contributed by atoms with Gasteiger partial charge in [0.1, 0.15) is 0 Å². The number of hydrogen-bond acceptors (Lipinski definition) is 2. The first-order valence-electron chi connectivity index (χ1n) is 15.4. The maximum absolute atomic E-state index is 3.60. The van der Waals surface area contributed by atoms with Crippen molar-refractivity contribution in [3.8, 4) is 0 Å². The van der Waals surface area contributed by atoms with Crippen LogP contribution in [0.3, 0.4) is 0 Å². The van der Waals surface area contributed by atoms with Crippen molar-refractivity contribution < 1.29 is 0 Å². The van der Waals surface area contributed by atoms with Gasteiger partial charge in [0, 0.05) is 42.5 Å². The van der Waals surface area contributed by atoms with Crippen LogP contribution in [0.2, 0.25) is 0 Å². The second-order valence-electron chi connectivity index (χ2n) is 12.6. The molecule has 0 fully saturated rings. The number of allylic oxidation sites excluding steroid dienone is 6. The van der Waals surface area contributed by atoms with E-state index in [0.717, 1.165) is 18.8 Å². The Morgan fingerprint density at radius 3 is 2.19 bits per heavy atom. The first-order valence-corrected chi connectivity index (χ1v) is 15.4. The molecule has 4 aliphatic rings. The number of fused-ring (bicyclic) bond motifs is 5. The number of dihydropyridines is 1. The highest BCUT2D eigenvalue weighted by Gasteiger charge is 2.50. The van der Waals surface area contributed by atoms with E-state index in [2.05, 4.69) is 165 Å². The summed E-state index contributed by atoms with van der Waals surface area (Å²) in [7, 11) is 2.25. The highest BCUT2D eigenvalue weighted by Crippen LogP contribution is 2.62. The molecular formula is C41H36N2. The van der Waals surface area contributed by atoms with Crippen molar-refractivity contribution in [2.24, 2.45) is 5.41 Å². The Kier molecular flexibility index (Phi) is 5.78. The largest absolute Gasteiger partial charge is 0.381 e. The predicted octanol–water partition coefficient (Wildman–Crippen LogP) is 8.59. The summed E-state index contributed by atoms with van der Waals surface area (Å²) in [4.78, 5) is 2.45. The lowest BCUT2D eigenvalue weighted by molar-refractivity contribution is 0.461. The van der Waals surface area contributed by atoms with Gasteiger partial charge < -0.3 is 10.2 Å². The fourth-order valence-corrected chi connectivity index (χ4v) is 8.09. The van der Waals surface area contributed by atoms with E-state index in [1.165, 1.54) is 61.4 Å². The standard InChI is InChI=1S/C41H36N2/c1-40(2)35-23-14-26-43(3)39(35)37-31-19-7-9-21-33(31)41(29-16-5-4-6-17-29,34-22-10-8-20-32(34)38(37)40)30-18-13-15-28(27-30)36-24-11-12-25-42-36/h4-24,27,42H,25-26H2,1-3H3. The molecule has 0 spiro atoms. The molecule has 43 heavy (non-hydrogen) atoms. The lowest BCUT2D eigenvalue weighted by atomic mass is 9.62. The molecule has 2 aliphatic heterocycles. The van der Waals surface area contributed by atoms with Crippen LogP contribution in [0.4, 0.5) is 0 Å². The van der Waals surface area contributed by atoms with Crippen LogP contribution < -0.4 is 5.32 Å². The molecule has 0 radical (unpaired) electrons. The second kappa shape index (κ2) is 9.61. The smallest absolute Gasteiger partial charge is 0.0713 e. The lowest BCUT2D eigenvalue weighted by Crippen LogP contribution is -2.33. The summed E-state index contributed by atoms with van der Waals surface area (Å²) in [6.07, 6.45) is 11.2. The van der Waals surface area contributed by atoms with Gasteiger partial charge in [-0.1, -0.05) is 135 Å². The molecule has 2 heteroatoms. The van der Waals surface area contributed by atoms with Crippen LogP contribution >= 0.6 is 0 Å². The Morgan fingerprint density at radius 1 is 0.721 bits per heavy atom. The molecule has 0 saturated carbocycles. The first kappa shape index (κ1) is 25.9. The SMILES string of the molecule is CN1CC=CC2=C1C1=C(c3ccccc3C(c3ccccc3)(c3cccc(C4=CC=CCN4)c3)c3ccccc31)C2(C)C. The van der Waals surface area contributed by atoms with Crippen molar-refractivity contribution in [3.63, 3.8) is 0 Å². The molecule has 0 bridgehead atoms. The molecule has 0 saturated heterocycles. The normalized spacial score (nSPS) is 21.4. The minimum absolute atomic E-state index is 0.156. The molecule has 0 amide bonds. The molecule has 2 aliphatic carbocycles. The number of hydrogen-bond donors (Lipinski definition) is 1. The predicted molar refractivity (Wildman–Crippen MR) is 179 cm³/mol. The second-order valence-corrected chi connectivity index (χ2v) is 12.6. The molecule has 0 aromatic heterocycles. The van der Waals surface area contributed by atoms with E-state index in [4.69, 9.17) is 0 Å². The van der Waals surface area contributed by atoms with Crippen LogP contribution in [0.15, 0.2) is 145 Å². The minimum Gasteiger partial charge on any atom is -0.381 e. The molecule has 1 N–H and O–H groups in total. The highest BCUT2D eigenvalue weighted by molar-refractivity contribution is 6.08. The number of benzene rings is 4. The van der Waals surface area contributed by atoms with Gasteiger partial charge in [-0.2, -0.15) is 0 Å². The van der Waals surface area contributed by atoms with Crippen molar-refractivity contribution in [2.75, 3.05) is 20.1 Å². The Morgan fingerprint density at radius 2 is 1.42 bits per heavy atom. The molecular weight excluding hydrogens is 520 g/mol. The molecule has 4 aromatic carbocycles. The van der Waals surface area contributed by atoms with Gasteiger partial charge in [0.25, 0.3) is 0 Å². The van der Waals surface area contributed by atoms with Gasteiger partial charge in [-0.3, -0.25) is 0 Å². The summed E-state index contributed by atoms with van der Waals surface area (Å²) < 4.78 is 0. The number of rotatable bonds is 3. The van der Waals surface area contributed by atoms with Crippen LogP contribution in [-0.4, -0.2) is 25.0 Å². The Labute approximate surface area is 255 Å². The van der Waals surface area contributed by atoms with Crippen molar-refractivity contribution in [2.45, 2.75) is 19.3 Å². The average Bonchev–Trinajstić information content (AvgIpc) is 3.23. The van der Waals surface area contributed by atoms with E-state index >= 15 is 0 Å². The lowest BCUT2D eigenvalue weighted by Gasteiger charge is -2.40. The summed E-state index contributed by atoms with van der Waals surface area (Å²) in [5.41, 5.74) is 15.1. The quantitative estimate of drug-likeness (QED) is 0.272. The van der Waals surface area contributed by atoms with E-state index in [9.17, 15) is 0 Å². The average molecular weight is 557 g/mol. The van der Waals surface area contributed by atoms with Gasteiger partial charge in [-0.15, -0.1) is 0 Å². The minimum atomic E-state index is -0.528. The fourth-order valence-electron chi connectivity index (χ4n) is 8.09. The Hall–Kier alpha value is -4.82. The fraction of sp³-hybridized carbons (Fsp3) is 0.171. The van der Waals surface area contributed by atoms with E-state index in [0.29, 0.717) is 0 Å². The summed E-state index contributed by atoms with van der Waals surface area (Å²) in [6, 6.07) is 38.8. The number of nitrogens with zero attached hydrogens (tertiary/aromatic N) is 1. The first-order chi connectivity index (χ1) is 21.0. The summed E-state index contributed by atoms with van der Waals surface area (Å²) in [5, 5.41) is 3.60. The Balaban J connectivity index is 1.54. The number of nitrogens with one attached hydrogen (secondary N) is 1. The zero-order valence-corrected chi connectivity index (χ0v) is 25.1. The van der Waals surface area contributed by atoms with Gasteiger partial charge in [-0.25, -0.2) is 0 Å². The Bertz CT molecular complexity index is 1930. The van der Waals surface area contributed by atoms with Crippen molar-refractivity contribution >= 4 is 16.8 Å². The number of likely N-dealkylation sites (N-methyl/N-ethyl adjacent to an activating group) is 1. The third-order valence-electron chi connectivity index (χ3n) is 9.91. The molecule has 1 unspecified atom stereocenters. The van der Waals surface area contributed by atoms with Crippen LogP contribution in [-0.2, 0) is 5.41 Å². The molecule has 4 aromatic rings. The zero-order valence-electron chi connectivity index (χ0n) is 25.1. The van der Waals surface area contributed by atoms with Crippen molar-refractivity contribution in [1.82, 2.24) is 10.2 Å². The molecule has 210 valence electrons. The van der Waals surface area contributed by atoms with Crippen LogP contribution in [0.1, 0.15) is 52.8 Å². The highest BCUT2D eigenvalue weighted by atomic mass is 15.1. The molecule has 1 atom stereocenters. The third-order valence-corrected chi connectivity index (χ3v) is 9.91. The van der Waals surface area contributed by atoms with Crippen LogP contribution in [0.5, 0.6) is 0 Å². The van der Waals surface area contributed by atoms with Gasteiger partial charge in [0.2, 0.25) is 0 Å². The van der Waals surface area contributed by atoms with Gasteiger partial charge >= 0.3 is 0 Å². The maximum Gasteiger partial charge on any atom is 0.0713 e. The topological polar surface area (TPSA) is 15.3 Å². The van der Waals surface area contributed by atoms with Gasteiger partial charge in [0.15, 0.2) is 0 Å². The summed E-state index contributed by atoms with van der Waals surface area (Å²) >= 11 is 0. The third kappa shape index (κ3) is 3.59. The van der Waals surface area contributed by atoms with E-state index in [1.54, 1.807) is 0 Å². The van der Waals surface area contributed by atoms with E-state index in [1.807, 2.05) is 0 Å². The van der Waals surface area contributed by atoms with Crippen molar-refractivity contribution in [1.29, 1.82) is 0 Å². The molecule has 2 heterocycles. The van der Waals surface area contributed by atoms with Gasteiger partial charge in [-0.05, 0) is 62.2 Å². The monoisotopic (exact) mass is 556 g/mol. The van der Waals surface area contributed by atoms with Crippen molar-refractivity contribution in [3.05, 3.63) is 184 Å². The molecule has 2 nitrogen and oxygen atoms in total. The van der Waals surface area contributed by atoms with Crippen LogP contribution in [0.25, 0.3) is 16.8 Å². The van der Waals surface area contributed by atoms with Crippen LogP contribution in [0, 0.1) is 5.41 Å². The molecule has 8 rings (SSSR count). The zero-order chi connectivity index (χ0) is 29.2. The summed E-state index contributed by atoms with van der Waals surface area (Å²) in [6.45, 7) is 6.59. The maximum atomic E-state index is 3.60. The van der Waals surface area contributed by atoms with E-state index in [-0.39, 0.29) is 5.41 Å². The van der Waals surface area contributed by atoms with E-state index < -0.39 is 5.41 Å². The summed E-state index contributed by atoms with van der Waals surface area (Å²) in [5.74, 6) is 0.